The summed E-state index contributed by atoms with van der Waals surface area (Å²) in [5.41, 5.74) is 0. The van der Waals surface area contributed by atoms with Crippen LogP contribution in [-0.4, -0.2) is 45.9 Å². The van der Waals surface area contributed by atoms with Gasteiger partial charge in [-0.15, -0.1) is 0 Å². The molecule has 0 aromatic carbocycles. The van der Waals surface area contributed by atoms with Crippen LogP contribution in [0.1, 0.15) is 219 Å². The average molecular weight is 703 g/mol. The quantitative estimate of drug-likeness (QED) is 0.0359. The van der Waals surface area contributed by atoms with Crippen molar-refractivity contribution in [3.05, 3.63) is 0 Å². The largest absolute Gasteiger partial charge is 0.462 e. The molecule has 0 amide bonds. The fourth-order valence-corrected chi connectivity index (χ4v) is 6.50. The Morgan fingerprint density at radius 2 is 0.729 bits per heavy atom. The summed E-state index contributed by atoms with van der Waals surface area (Å²) in [5, 5.41) is 0. The van der Waals surface area contributed by atoms with Gasteiger partial charge in [-0.25, -0.2) is 0 Å². The maximum Gasteiger partial charge on any atom is 0.306 e. The zero-order valence-electron chi connectivity index (χ0n) is 31.9. The molecule has 0 saturated carbocycles. The van der Waals surface area contributed by atoms with Crippen molar-refractivity contribution in [3.63, 3.8) is 0 Å². The number of carbonyl (C=O) groups is 2. The molecule has 0 saturated heterocycles. The van der Waals surface area contributed by atoms with Crippen LogP contribution in [0.15, 0.2) is 0 Å². The maximum atomic E-state index is 12.4. The van der Waals surface area contributed by atoms with Gasteiger partial charge in [0.05, 0.1) is 6.26 Å². The van der Waals surface area contributed by atoms with Gasteiger partial charge in [0.25, 0.3) is 10.1 Å². The third-order valence-electron chi connectivity index (χ3n) is 9.17. The first-order valence-corrected chi connectivity index (χ1v) is 22.3. The van der Waals surface area contributed by atoms with E-state index in [2.05, 4.69) is 13.8 Å². The molecule has 0 aliphatic heterocycles. The summed E-state index contributed by atoms with van der Waals surface area (Å²) in [5.74, 6) is -0.766. The highest BCUT2D eigenvalue weighted by Crippen LogP contribution is 2.16. The Bertz CT molecular complexity index is 814. The van der Waals surface area contributed by atoms with Crippen molar-refractivity contribution in [3.8, 4) is 0 Å². The van der Waals surface area contributed by atoms with E-state index in [9.17, 15) is 18.0 Å². The van der Waals surface area contributed by atoms with E-state index in [0.29, 0.717) is 6.42 Å². The van der Waals surface area contributed by atoms with E-state index >= 15 is 0 Å². The summed E-state index contributed by atoms with van der Waals surface area (Å²) in [4.78, 5) is 24.7. The molecule has 0 heterocycles. The topological polar surface area (TPSA) is 96.0 Å². The van der Waals surface area contributed by atoms with E-state index in [-0.39, 0.29) is 25.6 Å². The summed E-state index contributed by atoms with van der Waals surface area (Å²) in [6.07, 6.45) is 38.3. The highest BCUT2D eigenvalue weighted by atomic mass is 32.2. The number of hydrogen-bond acceptors (Lipinski definition) is 7. The van der Waals surface area contributed by atoms with Crippen LogP contribution in [0.3, 0.4) is 0 Å². The lowest BCUT2D eigenvalue weighted by Gasteiger charge is -2.17. The molecule has 48 heavy (non-hydrogen) atoms. The molecular weight excluding hydrogens is 624 g/mol. The van der Waals surface area contributed by atoms with Gasteiger partial charge in [-0.05, 0) is 12.8 Å². The molecule has 0 fully saturated rings. The number of hydrogen-bond donors (Lipinski definition) is 0. The van der Waals surface area contributed by atoms with Crippen LogP contribution in [0, 0.1) is 0 Å². The number of ether oxygens (including phenoxy) is 2. The molecule has 1 atom stereocenters. The average Bonchev–Trinajstić information content (AvgIpc) is 3.05. The fraction of sp³-hybridized carbons (Fsp3) is 0.950. The van der Waals surface area contributed by atoms with Gasteiger partial charge in [0.1, 0.15) is 13.2 Å². The molecule has 7 nitrogen and oxygen atoms in total. The second-order valence-corrected chi connectivity index (χ2v) is 15.8. The zero-order valence-corrected chi connectivity index (χ0v) is 32.7. The first-order chi connectivity index (χ1) is 23.3. The highest BCUT2D eigenvalue weighted by molar-refractivity contribution is 7.85. The monoisotopic (exact) mass is 703 g/mol. The number of esters is 2. The molecule has 0 rings (SSSR count). The van der Waals surface area contributed by atoms with Crippen LogP contribution >= 0.6 is 0 Å². The van der Waals surface area contributed by atoms with Crippen LogP contribution in [0.4, 0.5) is 0 Å². The Kier molecular flexibility index (Phi) is 34.8. The molecule has 0 unspecified atom stereocenters. The third kappa shape index (κ3) is 37.7. The van der Waals surface area contributed by atoms with Crippen molar-refractivity contribution in [2.24, 2.45) is 0 Å². The maximum absolute atomic E-state index is 12.4. The first kappa shape index (κ1) is 46.9. The summed E-state index contributed by atoms with van der Waals surface area (Å²) < 4.78 is 38.6. The van der Waals surface area contributed by atoms with Crippen molar-refractivity contribution >= 4 is 22.1 Å². The zero-order chi connectivity index (χ0) is 35.4. The molecule has 0 aromatic heterocycles. The predicted octanol–water partition coefficient (Wildman–Crippen LogP) is 11.9. The number of carbonyl (C=O) groups excluding carboxylic acids is 2. The van der Waals surface area contributed by atoms with Gasteiger partial charge in [0, 0.05) is 12.8 Å². The second kappa shape index (κ2) is 35.7. The van der Waals surface area contributed by atoms with Gasteiger partial charge in [0.15, 0.2) is 6.10 Å². The SMILES string of the molecule is CCCCCCCCCCCCCCCCCC(=O)OC[C@H](COS(C)(=O)=O)OC(=O)CCCCCCCCCCCCCCCCC. The lowest BCUT2D eigenvalue weighted by Crippen LogP contribution is -2.30. The molecule has 8 heteroatoms. The van der Waals surface area contributed by atoms with Crippen molar-refractivity contribution in [1.29, 1.82) is 0 Å². The van der Waals surface area contributed by atoms with E-state index in [1.54, 1.807) is 0 Å². The van der Waals surface area contributed by atoms with E-state index in [0.717, 1.165) is 44.8 Å². The predicted molar refractivity (Wildman–Crippen MR) is 201 cm³/mol. The Balaban J connectivity index is 3.88. The minimum absolute atomic E-state index is 0.197. The Morgan fingerprint density at radius 1 is 0.438 bits per heavy atom. The Labute approximate surface area is 297 Å². The van der Waals surface area contributed by atoms with Crippen molar-refractivity contribution < 1.29 is 31.7 Å². The summed E-state index contributed by atoms with van der Waals surface area (Å²) in [6, 6.07) is 0. The Morgan fingerprint density at radius 3 is 1.04 bits per heavy atom. The smallest absolute Gasteiger partial charge is 0.306 e. The number of unbranched alkanes of at least 4 members (excludes halogenated alkanes) is 28. The normalized spacial score (nSPS) is 12.3. The van der Waals surface area contributed by atoms with Gasteiger partial charge in [-0.3, -0.25) is 13.8 Å². The molecule has 0 bridgehead atoms. The second-order valence-electron chi connectivity index (χ2n) is 14.2. The van der Waals surface area contributed by atoms with Crippen molar-refractivity contribution in [1.82, 2.24) is 0 Å². The molecule has 0 spiro atoms. The molecule has 0 N–H and O–H groups in total. The summed E-state index contributed by atoms with van der Waals surface area (Å²) in [7, 11) is -3.71. The molecule has 0 aliphatic rings. The Hall–Kier alpha value is -1.15. The lowest BCUT2D eigenvalue weighted by molar-refractivity contribution is -0.161. The summed E-state index contributed by atoms with van der Waals surface area (Å²) in [6.45, 7) is 3.97. The molecule has 0 aromatic rings. The highest BCUT2D eigenvalue weighted by Gasteiger charge is 2.19. The van der Waals surface area contributed by atoms with Gasteiger partial charge >= 0.3 is 11.9 Å². The van der Waals surface area contributed by atoms with E-state index in [4.69, 9.17) is 13.7 Å². The minimum Gasteiger partial charge on any atom is -0.462 e. The van der Waals surface area contributed by atoms with Crippen molar-refractivity contribution in [2.45, 2.75) is 225 Å². The fourth-order valence-electron chi connectivity index (χ4n) is 6.10. The van der Waals surface area contributed by atoms with Gasteiger partial charge in [-0.1, -0.05) is 194 Å². The van der Waals surface area contributed by atoms with Gasteiger partial charge in [-0.2, -0.15) is 8.42 Å². The molecule has 0 aliphatic carbocycles. The van der Waals surface area contributed by atoms with Gasteiger partial charge in [0.2, 0.25) is 0 Å². The van der Waals surface area contributed by atoms with Crippen LogP contribution in [0.2, 0.25) is 0 Å². The van der Waals surface area contributed by atoms with Crippen LogP contribution in [-0.2, 0) is 33.4 Å². The van der Waals surface area contributed by atoms with Crippen molar-refractivity contribution in [2.75, 3.05) is 19.5 Å². The first-order valence-electron chi connectivity index (χ1n) is 20.5. The summed E-state index contributed by atoms with van der Waals surface area (Å²) >= 11 is 0. The molecule has 0 radical (unpaired) electrons. The molecule has 286 valence electrons. The van der Waals surface area contributed by atoms with Crippen LogP contribution < -0.4 is 0 Å². The van der Waals surface area contributed by atoms with Gasteiger partial charge < -0.3 is 9.47 Å². The standard InChI is InChI=1S/C40H78O7S/c1-4-6-8-10-12-14-16-18-20-22-24-26-28-30-32-34-39(41)45-36-38(37-46-48(3,43)44)47-40(42)35-33-31-29-27-25-23-21-19-17-15-13-11-9-7-5-2/h38H,4-37H2,1-3H3/t38-/m1/s1. The number of rotatable bonds is 38. The lowest BCUT2D eigenvalue weighted by atomic mass is 10.0. The minimum atomic E-state index is -3.71. The van der Waals surface area contributed by atoms with E-state index in [1.165, 1.54) is 154 Å². The van der Waals surface area contributed by atoms with Crippen LogP contribution in [0.25, 0.3) is 0 Å². The van der Waals surface area contributed by atoms with Crippen LogP contribution in [0.5, 0.6) is 0 Å². The third-order valence-corrected chi connectivity index (χ3v) is 9.73. The van der Waals surface area contributed by atoms with E-state index < -0.39 is 22.2 Å². The molecular formula is C40H78O7S. The van der Waals surface area contributed by atoms with E-state index in [1.807, 2.05) is 0 Å².